The first kappa shape index (κ1) is 19.5. The fourth-order valence-corrected chi connectivity index (χ4v) is 2.59. The normalized spacial score (nSPS) is 10.0. The van der Waals surface area contributed by atoms with Crippen LogP contribution in [0.1, 0.15) is 0 Å². The van der Waals surface area contributed by atoms with Gasteiger partial charge in [0.25, 0.3) is 0 Å². The Morgan fingerprint density at radius 2 is 1.67 bits per heavy atom. The number of hydrogen-bond donors (Lipinski definition) is 1. The molecule has 0 radical (unpaired) electrons. The largest absolute Gasteiger partial charge is 0.454 e. The molecular weight excluding hydrogens is 371 g/mol. The maximum atomic E-state index is 14.0. The third-order valence-electron chi connectivity index (χ3n) is 3.27. The summed E-state index contributed by atoms with van der Waals surface area (Å²) in [5.41, 5.74) is -0.142. The summed E-state index contributed by atoms with van der Waals surface area (Å²) in [7, 11) is -3.53. The fraction of sp³-hybridized carbons (Fsp3) is 0.0556. The molecule has 0 unspecified atom stereocenters. The van der Waals surface area contributed by atoms with Crippen LogP contribution in [0.15, 0.2) is 58.6 Å². The van der Waals surface area contributed by atoms with Gasteiger partial charge in [-0.25, -0.2) is 12.8 Å². The molecule has 0 atom stereocenters. The Hall–Kier alpha value is -3.87. The third-order valence-corrected chi connectivity index (χ3v) is 4.38. The van der Waals surface area contributed by atoms with Crippen molar-refractivity contribution in [3.8, 4) is 29.7 Å². The molecule has 9 heteroatoms. The van der Waals surface area contributed by atoms with Crippen molar-refractivity contribution >= 4 is 15.5 Å². The van der Waals surface area contributed by atoms with Crippen molar-refractivity contribution < 1.29 is 17.5 Å². The van der Waals surface area contributed by atoms with Crippen molar-refractivity contribution in [2.75, 3.05) is 11.6 Å². The van der Waals surface area contributed by atoms with E-state index in [1.54, 1.807) is 18.2 Å². The number of sulfone groups is 1. The van der Waals surface area contributed by atoms with Gasteiger partial charge < -0.3 is 10.1 Å². The molecule has 2 rings (SSSR count). The monoisotopic (exact) mass is 382 g/mol. The predicted molar refractivity (Wildman–Crippen MR) is 93.5 cm³/mol. The lowest BCUT2D eigenvalue weighted by atomic mass is 10.2. The Bertz CT molecular complexity index is 1120. The highest BCUT2D eigenvalue weighted by atomic mass is 32.2. The zero-order chi connectivity index (χ0) is 20.0. The number of nitrogens with zero attached hydrogens (tertiary/aromatic N) is 3. The average molecular weight is 382 g/mol. The van der Waals surface area contributed by atoms with Crippen LogP contribution in [0.25, 0.3) is 0 Å². The van der Waals surface area contributed by atoms with Crippen LogP contribution < -0.4 is 10.1 Å². The van der Waals surface area contributed by atoms with Crippen molar-refractivity contribution in [3.05, 3.63) is 59.6 Å². The number of hydrogen-bond acceptors (Lipinski definition) is 7. The SMILES string of the molecule is CS(=O)(=O)c1ccc(Oc2ccc(NC(C#N)=C(C#N)C#N)cc2)c(F)c1. The van der Waals surface area contributed by atoms with Crippen LogP contribution in [0.5, 0.6) is 11.5 Å². The van der Waals surface area contributed by atoms with E-state index in [9.17, 15) is 12.8 Å². The minimum Gasteiger partial charge on any atom is -0.454 e. The summed E-state index contributed by atoms with van der Waals surface area (Å²) in [6.07, 6.45) is 0.974. The maximum absolute atomic E-state index is 14.0. The maximum Gasteiger partial charge on any atom is 0.175 e. The third kappa shape index (κ3) is 4.82. The number of benzene rings is 2. The molecule has 27 heavy (non-hydrogen) atoms. The number of rotatable bonds is 5. The van der Waals surface area contributed by atoms with Crippen LogP contribution in [0.4, 0.5) is 10.1 Å². The van der Waals surface area contributed by atoms with Crippen molar-refractivity contribution in [1.29, 1.82) is 15.8 Å². The average Bonchev–Trinajstić information content (AvgIpc) is 2.64. The predicted octanol–water partition coefficient (Wildman–Crippen LogP) is 3.26. The van der Waals surface area contributed by atoms with E-state index in [0.717, 1.165) is 12.3 Å². The molecule has 0 aliphatic heterocycles. The first-order valence-electron chi connectivity index (χ1n) is 7.27. The van der Waals surface area contributed by atoms with Gasteiger partial charge in [-0.15, -0.1) is 0 Å². The van der Waals surface area contributed by atoms with Crippen LogP contribution in [-0.4, -0.2) is 14.7 Å². The van der Waals surface area contributed by atoms with Gasteiger partial charge in [0.2, 0.25) is 0 Å². The van der Waals surface area contributed by atoms with Crippen molar-refractivity contribution in [3.63, 3.8) is 0 Å². The van der Waals surface area contributed by atoms with Crippen molar-refractivity contribution in [2.45, 2.75) is 4.90 Å². The quantitative estimate of drug-likeness (QED) is 0.786. The van der Waals surface area contributed by atoms with Crippen LogP contribution in [0, 0.1) is 39.8 Å². The van der Waals surface area contributed by atoms with Crippen LogP contribution in [0.2, 0.25) is 0 Å². The van der Waals surface area contributed by atoms with Gasteiger partial charge in [-0.2, -0.15) is 15.8 Å². The number of nitriles is 3. The zero-order valence-corrected chi connectivity index (χ0v) is 14.7. The minimum absolute atomic E-state index is 0.156. The Balaban J connectivity index is 2.20. The summed E-state index contributed by atoms with van der Waals surface area (Å²) >= 11 is 0. The molecule has 7 nitrogen and oxygen atoms in total. The first-order valence-corrected chi connectivity index (χ1v) is 9.16. The van der Waals surface area contributed by atoms with Gasteiger partial charge in [0.15, 0.2) is 27.0 Å². The molecule has 0 fully saturated rings. The fourth-order valence-electron chi connectivity index (χ4n) is 1.96. The van der Waals surface area contributed by atoms with Crippen molar-refractivity contribution in [2.24, 2.45) is 0 Å². The van der Waals surface area contributed by atoms with Gasteiger partial charge in [0.05, 0.1) is 4.90 Å². The lowest BCUT2D eigenvalue weighted by Gasteiger charge is -2.09. The molecule has 0 heterocycles. The number of anilines is 1. The molecular formula is C18H11FN4O3S. The van der Waals surface area contributed by atoms with Gasteiger partial charge in [-0.05, 0) is 42.5 Å². The van der Waals surface area contributed by atoms with E-state index in [1.807, 2.05) is 0 Å². The number of halogens is 1. The summed E-state index contributed by atoms with van der Waals surface area (Å²) in [5, 5.41) is 29.2. The van der Waals surface area contributed by atoms with Crippen LogP contribution in [-0.2, 0) is 9.84 Å². The Labute approximate surface area is 155 Å². The van der Waals surface area contributed by atoms with Gasteiger partial charge in [0.1, 0.15) is 29.7 Å². The number of nitrogens with one attached hydrogen (secondary N) is 1. The van der Waals surface area contributed by atoms with E-state index in [0.29, 0.717) is 5.69 Å². The summed E-state index contributed by atoms with van der Waals surface area (Å²) in [5.74, 6) is -0.727. The lowest BCUT2D eigenvalue weighted by molar-refractivity contribution is 0.441. The topological polar surface area (TPSA) is 127 Å². The Morgan fingerprint density at radius 1 is 1.04 bits per heavy atom. The molecule has 0 spiro atoms. The van der Waals surface area contributed by atoms with E-state index in [1.165, 1.54) is 36.4 Å². The second kappa shape index (κ2) is 8.01. The molecule has 0 bridgehead atoms. The van der Waals surface area contributed by atoms with Gasteiger partial charge in [-0.3, -0.25) is 0 Å². The van der Waals surface area contributed by atoms with Crippen LogP contribution in [0.3, 0.4) is 0 Å². The molecule has 0 aliphatic rings. The Kier molecular flexibility index (Phi) is 5.77. The molecule has 0 aromatic heterocycles. The highest BCUT2D eigenvalue weighted by molar-refractivity contribution is 7.90. The van der Waals surface area contributed by atoms with Gasteiger partial charge >= 0.3 is 0 Å². The van der Waals surface area contributed by atoms with Crippen molar-refractivity contribution in [1.82, 2.24) is 0 Å². The zero-order valence-electron chi connectivity index (χ0n) is 13.9. The first-order chi connectivity index (χ1) is 12.8. The molecule has 2 aromatic rings. The highest BCUT2D eigenvalue weighted by Crippen LogP contribution is 2.27. The molecule has 0 saturated heterocycles. The van der Waals surface area contributed by atoms with E-state index in [2.05, 4.69) is 5.32 Å². The molecule has 134 valence electrons. The molecule has 0 saturated carbocycles. The van der Waals surface area contributed by atoms with E-state index in [-0.39, 0.29) is 27.7 Å². The van der Waals surface area contributed by atoms with E-state index >= 15 is 0 Å². The summed E-state index contributed by atoms with van der Waals surface area (Å²) in [6.45, 7) is 0. The molecule has 0 amide bonds. The second-order valence-electron chi connectivity index (χ2n) is 5.20. The Morgan fingerprint density at radius 3 is 2.15 bits per heavy atom. The van der Waals surface area contributed by atoms with Crippen LogP contribution >= 0.6 is 0 Å². The highest BCUT2D eigenvalue weighted by Gasteiger charge is 2.12. The summed E-state index contributed by atoms with van der Waals surface area (Å²) in [6, 6.07) is 14.2. The molecule has 1 N–H and O–H groups in total. The number of ether oxygens (including phenoxy) is 1. The lowest BCUT2D eigenvalue weighted by Crippen LogP contribution is -2.00. The van der Waals surface area contributed by atoms with Gasteiger partial charge in [0, 0.05) is 11.9 Å². The standard InChI is InChI=1S/C18H11FN4O3S/c1-27(24,25)15-6-7-18(16(19)8-15)26-14-4-2-13(3-5-14)23-17(11-22)12(9-20)10-21/h2-8,23H,1H3. The summed E-state index contributed by atoms with van der Waals surface area (Å²) < 4.78 is 42.2. The smallest absolute Gasteiger partial charge is 0.175 e. The second-order valence-corrected chi connectivity index (χ2v) is 7.22. The van der Waals surface area contributed by atoms with E-state index < -0.39 is 15.7 Å². The summed E-state index contributed by atoms with van der Waals surface area (Å²) in [4.78, 5) is -0.159. The molecule has 0 aliphatic carbocycles. The molecule has 2 aromatic carbocycles. The van der Waals surface area contributed by atoms with Gasteiger partial charge in [-0.1, -0.05) is 0 Å². The number of allylic oxidation sites excluding steroid dienone is 2. The van der Waals surface area contributed by atoms with E-state index in [4.69, 9.17) is 20.5 Å². The minimum atomic E-state index is -3.53.